The van der Waals surface area contributed by atoms with Crippen LogP contribution in [0.4, 0.5) is 15.3 Å². The smallest absolute Gasteiger partial charge is 0.321 e. The zero-order valence-corrected chi connectivity index (χ0v) is 16.5. The Bertz CT molecular complexity index is 947. The molecular weight excluding hydrogens is 394 g/mol. The number of ether oxygens (including phenoxy) is 2. The molecule has 0 aliphatic carbocycles. The lowest BCUT2D eigenvalue weighted by Crippen LogP contribution is -2.30. The molecule has 2 aliphatic rings. The summed E-state index contributed by atoms with van der Waals surface area (Å²) < 4.78 is 10.7. The van der Waals surface area contributed by atoms with Gasteiger partial charge in [-0.2, -0.15) is 0 Å². The highest BCUT2D eigenvalue weighted by atomic mass is 32.2. The Morgan fingerprint density at radius 2 is 1.83 bits per heavy atom. The first kappa shape index (κ1) is 19.1. The van der Waals surface area contributed by atoms with Crippen LogP contribution in [0.1, 0.15) is 11.1 Å². The van der Waals surface area contributed by atoms with E-state index in [-0.39, 0.29) is 36.3 Å². The van der Waals surface area contributed by atoms with Crippen LogP contribution in [0, 0.1) is 0 Å². The van der Waals surface area contributed by atoms with Crippen LogP contribution in [0.5, 0.6) is 11.5 Å². The van der Waals surface area contributed by atoms with E-state index in [0.29, 0.717) is 23.7 Å². The maximum Gasteiger partial charge on any atom is 0.321 e. The van der Waals surface area contributed by atoms with Crippen LogP contribution in [-0.4, -0.2) is 46.6 Å². The second kappa shape index (κ2) is 8.04. The monoisotopic (exact) mass is 413 g/mol. The Morgan fingerprint density at radius 3 is 2.55 bits per heavy atom. The van der Waals surface area contributed by atoms with Crippen molar-refractivity contribution in [2.24, 2.45) is 0 Å². The molecule has 0 spiro atoms. The fourth-order valence-electron chi connectivity index (χ4n) is 3.01. The lowest BCUT2D eigenvalue weighted by molar-refractivity contribution is -0.125. The lowest BCUT2D eigenvalue weighted by Gasteiger charge is -2.18. The third-order valence-electron chi connectivity index (χ3n) is 4.59. The molecule has 0 radical (unpaired) electrons. The third kappa shape index (κ3) is 4.29. The molecule has 0 bridgehead atoms. The molecule has 9 heteroatoms. The van der Waals surface area contributed by atoms with Gasteiger partial charge >= 0.3 is 6.03 Å². The molecular formula is C20H19N3O5S. The molecule has 2 aromatic carbocycles. The zero-order valence-electron chi connectivity index (χ0n) is 15.7. The van der Waals surface area contributed by atoms with Crippen molar-refractivity contribution in [1.29, 1.82) is 0 Å². The number of hydrogen-bond acceptors (Lipinski definition) is 6. The topological polar surface area (TPSA) is 88.2 Å². The van der Waals surface area contributed by atoms with Gasteiger partial charge in [0, 0.05) is 19.3 Å². The van der Waals surface area contributed by atoms with Gasteiger partial charge in [0.25, 0.3) is 5.24 Å². The van der Waals surface area contributed by atoms with Crippen LogP contribution in [0.3, 0.4) is 0 Å². The number of anilines is 1. The van der Waals surface area contributed by atoms with E-state index in [4.69, 9.17) is 9.47 Å². The molecule has 29 heavy (non-hydrogen) atoms. The highest BCUT2D eigenvalue weighted by Gasteiger charge is 2.29. The van der Waals surface area contributed by atoms with E-state index < -0.39 is 0 Å². The van der Waals surface area contributed by atoms with Crippen molar-refractivity contribution in [3.05, 3.63) is 53.6 Å². The molecule has 0 atom stereocenters. The number of fused-ring (bicyclic) bond motifs is 1. The van der Waals surface area contributed by atoms with Crippen LogP contribution in [0.15, 0.2) is 42.5 Å². The molecule has 4 amide bonds. The summed E-state index contributed by atoms with van der Waals surface area (Å²) >= 11 is 1.01. The molecule has 2 aliphatic heterocycles. The molecule has 1 fully saturated rings. The maximum absolute atomic E-state index is 12.5. The van der Waals surface area contributed by atoms with E-state index in [2.05, 4.69) is 5.32 Å². The van der Waals surface area contributed by atoms with Crippen molar-refractivity contribution < 1.29 is 23.9 Å². The molecule has 0 aromatic heterocycles. The van der Waals surface area contributed by atoms with Gasteiger partial charge in [-0.1, -0.05) is 30.0 Å². The van der Waals surface area contributed by atoms with Crippen molar-refractivity contribution in [2.75, 3.05) is 24.9 Å². The predicted molar refractivity (Wildman–Crippen MR) is 108 cm³/mol. The van der Waals surface area contributed by atoms with Crippen LogP contribution >= 0.6 is 11.8 Å². The summed E-state index contributed by atoms with van der Waals surface area (Å²) in [5.74, 6) is 1.41. The average molecular weight is 413 g/mol. The van der Waals surface area contributed by atoms with E-state index in [9.17, 15) is 14.4 Å². The molecule has 0 unspecified atom stereocenters. The largest absolute Gasteiger partial charge is 0.454 e. The zero-order chi connectivity index (χ0) is 20.4. The first-order chi connectivity index (χ1) is 14.0. The molecule has 1 N–H and O–H groups in total. The van der Waals surface area contributed by atoms with E-state index in [1.54, 1.807) is 36.2 Å². The Morgan fingerprint density at radius 1 is 1.10 bits per heavy atom. The fraction of sp³-hybridized carbons (Fsp3) is 0.250. The quantitative estimate of drug-likeness (QED) is 0.809. The van der Waals surface area contributed by atoms with Crippen molar-refractivity contribution in [1.82, 2.24) is 9.80 Å². The van der Waals surface area contributed by atoms with E-state index in [0.717, 1.165) is 22.9 Å². The second-order valence-corrected chi connectivity index (χ2v) is 7.63. The van der Waals surface area contributed by atoms with Crippen LogP contribution in [0.25, 0.3) is 0 Å². The number of imide groups is 1. The lowest BCUT2D eigenvalue weighted by atomic mass is 10.2. The van der Waals surface area contributed by atoms with E-state index in [1.807, 2.05) is 18.2 Å². The number of carbonyl (C=O) groups is 3. The molecule has 0 saturated carbocycles. The average Bonchev–Trinajstić information content (AvgIpc) is 3.30. The second-order valence-electron chi connectivity index (χ2n) is 6.71. The third-order valence-corrected chi connectivity index (χ3v) is 5.45. The molecule has 1 saturated heterocycles. The SMILES string of the molecule is CN(Cc1ccc2c(c1)OCO2)C(=O)Nc1ccc(CN2C(=O)CSC2=O)cc1. The van der Waals surface area contributed by atoms with Gasteiger partial charge in [-0.15, -0.1) is 0 Å². The minimum atomic E-state index is -0.253. The number of nitrogens with one attached hydrogen (secondary N) is 1. The summed E-state index contributed by atoms with van der Waals surface area (Å²) in [6, 6.07) is 12.4. The van der Waals surface area contributed by atoms with Crippen molar-refractivity contribution >= 4 is 34.6 Å². The number of thioether (sulfide) groups is 1. The summed E-state index contributed by atoms with van der Waals surface area (Å²) in [5.41, 5.74) is 2.38. The molecule has 2 aromatic rings. The number of nitrogens with zero attached hydrogens (tertiary/aromatic N) is 2. The summed E-state index contributed by atoms with van der Waals surface area (Å²) in [5, 5.41) is 2.61. The number of amides is 4. The van der Waals surface area contributed by atoms with Crippen LogP contribution in [0.2, 0.25) is 0 Å². The summed E-state index contributed by atoms with van der Waals surface area (Å²) in [6.45, 7) is 0.865. The Labute approximate surface area is 171 Å². The van der Waals surface area contributed by atoms with Gasteiger partial charge in [-0.25, -0.2) is 4.79 Å². The summed E-state index contributed by atoms with van der Waals surface area (Å²) in [6.07, 6.45) is 0. The molecule has 8 nitrogen and oxygen atoms in total. The molecule has 2 heterocycles. The highest BCUT2D eigenvalue weighted by Crippen LogP contribution is 2.32. The standard InChI is InChI=1S/C20H19N3O5S/c1-22(9-14-4-7-16-17(8-14)28-12-27-16)19(25)21-15-5-2-13(3-6-15)10-23-18(24)11-29-20(23)26/h2-8H,9-12H2,1H3,(H,21,25). The number of hydrogen-bond donors (Lipinski definition) is 1. The number of urea groups is 1. The van der Waals surface area contributed by atoms with Gasteiger partial charge in [-0.3, -0.25) is 14.5 Å². The number of benzene rings is 2. The maximum atomic E-state index is 12.5. The van der Waals surface area contributed by atoms with Crippen LogP contribution < -0.4 is 14.8 Å². The normalized spacial score (nSPS) is 15.0. The minimum Gasteiger partial charge on any atom is -0.454 e. The van der Waals surface area contributed by atoms with Crippen LogP contribution in [-0.2, 0) is 17.9 Å². The van der Waals surface area contributed by atoms with Crippen molar-refractivity contribution in [3.63, 3.8) is 0 Å². The summed E-state index contributed by atoms with van der Waals surface area (Å²) in [7, 11) is 1.70. The fourth-order valence-corrected chi connectivity index (χ4v) is 3.74. The van der Waals surface area contributed by atoms with Crippen molar-refractivity contribution in [3.8, 4) is 11.5 Å². The highest BCUT2D eigenvalue weighted by molar-refractivity contribution is 8.14. The number of carbonyl (C=O) groups excluding carboxylic acids is 3. The van der Waals surface area contributed by atoms with Gasteiger partial charge in [0.05, 0.1) is 12.3 Å². The molecule has 4 rings (SSSR count). The molecule has 150 valence electrons. The summed E-state index contributed by atoms with van der Waals surface area (Å²) in [4.78, 5) is 38.6. The number of rotatable bonds is 5. The van der Waals surface area contributed by atoms with Gasteiger partial charge in [0.1, 0.15) is 0 Å². The Balaban J connectivity index is 1.33. The van der Waals surface area contributed by atoms with Crippen molar-refractivity contribution in [2.45, 2.75) is 13.1 Å². The van der Waals surface area contributed by atoms with Gasteiger partial charge < -0.3 is 19.7 Å². The van der Waals surface area contributed by atoms with E-state index in [1.165, 1.54) is 4.90 Å². The van der Waals surface area contributed by atoms with Gasteiger partial charge in [-0.05, 0) is 35.4 Å². The van der Waals surface area contributed by atoms with Gasteiger partial charge in [0.2, 0.25) is 12.7 Å². The predicted octanol–water partition coefficient (Wildman–Crippen LogP) is 3.27. The Kier molecular flexibility index (Phi) is 5.30. The Hall–Kier alpha value is -3.20. The minimum absolute atomic E-state index is 0.178. The first-order valence-corrected chi connectivity index (χ1v) is 9.95. The first-order valence-electron chi connectivity index (χ1n) is 8.96. The van der Waals surface area contributed by atoms with Gasteiger partial charge in [0.15, 0.2) is 11.5 Å². The van der Waals surface area contributed by atoms with E-state index >= 15 is 0 Å².